The van der Waals surface area contributed by atoms with Crippen molar-refractivity contribution >= 4 is 11.9 Å². The normalized spacial score (nSPS) is 10.2. The fraction of sp³-hybridized carbons (Fsp3) is 0.524. The highest BCUT2D eigenvalue weighted by atomic mass is 16.4. The van der Waals surface area contributed by atoms with Crippen LogP contribution < -0.4 is 0 Å². The van der Waals surface area contributed by atoms with E-state index in [9.17, 15) is 9.59 Å². The fourth-order valence-electron chi connectivity index (χ4n) is 2.48. The van der Waals surface area contributed by atoms with Crippen LogP contribution in [0.1, 0.15) is 70.4 Å². The summed E-state index contributed by atoms with van der Waals surface area (Å²) in [7, 11) is 0. The summed E-state index contributed by atoms with van der Waals surface area (Å²) < 4.78 is 0. The number of carboxylic acid groups (broad SMARTS) is 1. The maximum Gasteiger partial charge on any atom is 0.303 e. The van der Waals surface area contributed by atoms with Crippen LogP contribution in [-0.2, 0) is 16.1 Å². The molecule has 4 nitrogen and oxygen atoms in total. The molecule has 136 valence electrons. The molecule has 0 aliphatic carbocycles. The van der Waals surface area contributed by atoms with E-state index in [0.717, 1.165) is 24.0 Å². The molecule has 0 spiro atoms. The van der Waals surface area contributed by atoms with Gasteiger partial charge in [-0.1, -0.05) is 43.4 Å². The van der Waals surface area contributed by atoms with E-state index in [1.165, 1.54) is 0 Å². The SMILES string of the molecule is CCCCC(=O)N(Cc1ccccc1C#CCCCC(=O)O)C(C)C. The Morgan fingerprint density at radius 1 is 1.16 bits per heavy atom. The van der Waals surface area contributed by atoms with Crippen LogP contribution in [0.25, 0.3) is 0 Å². The van der Waals surface area contributed by atoms with Gasteiger partial charge in [0.05, 0.1) is 0 Å². The summed E-state index contributed by atoms with van der Waals surface area (Å²) >= 11 is 0. The molecular formula is C21H29NO3. The second-order valence-corrected chi connectivity index (χ2v) is 6.43. The number of aliphatic carboxylic acids is 1. The Hall–Kier alpha value is -2.28. The molecule has 0 heterocycles. The maximum absolute atomic E-state index is 12.5. The summed E-state index contributed by atoms with van der Waals surface area (Å²) in [4.78, 5) is 24.9. The fourth-order valence-corrected chi connectivity index (χ4v) is 2.48. The average molecular weight is 343 g/mol. The zero-order valence-electron chi connectivity index (χ0n) is 15.5. The molecule has 0 atom stereocenters. The van der Waals surface area contributed by atoms with Crippen molar-refractivity contribution in [3.05, 3.63) is 35.4 Å². The van der Waals surface area contributed by atoms with Crippen LogP contribution in [0.5, 0.6) is 0 Å². The van der Waals surface area contributed by atoms with Crippen molar-refractivity contribution in [2.45, 2.75) is 71.9 Å². The monoisotopic (exact) mass is 343 g/mol. The highest BCUT2D eigenvalue weighted by Crippen LogP contribution is 2.15. The number of hydrogen-bond acceptors (Lipinski definition) is 2. The van der Waals surface area contributed by atoms with E-state index in [4.69, 9.17) is 5.11 Å². The number of carbonyl (C=O) groups excluding carboxylic acids is 1. The van der Waals surface area contributed by atoms with Gasteiger partial charge in [-0.2, -0.15) is 0 Å². The van der Waals surface area contributed by atoms with Crippen LogP contribution in [0.2, 0.25) is 0 Å². The van der Waals surface area contributed by atoms with Crippen molar-refractivity contribution in [1.82, 2.24) is 4.90 Å². The molecule has 1 aromatic carbocycles. The number of carbonyl (C=O) groups is 2. The molecule has 0 aliphatic rings. The summed E-state index contributed by atoms with van der Waals surface area (Å²) in [5.74, 6) is 5.57. The molecule has 0 saturated carbocycles. The molecular weight excluding hydrogens is 314 g/mol. The summed E-state index contributed by atoms with van der Waals surface area (Å²) in [6.07, 6.45) is 3.76. The van der Waals surface area contributed by atoms with E-state index in [-0.39, 0.29) is 18.4 Å². The molecule has 0 radical (unpaired) electrons. The Balaban J connectivity index is 2.81. The molecule has 25 heavy (non-hydrogen) atoms. The average Bonchev–Trinajstić information content (AvgIpc) is 2.57. The highest BCUT2D eigenvalue weighted by Gasteiger charge is 2.17. The third-order valence-electron chi connectivity index (χ3n) is 3.96. The number of amides is 1. The van der Waals surface area contributed by atoms with Crippen LogP contribution in [-0.4, -0.2) is 27.9 Å². The first-order valence-electron chi connectivity index (χ1n) is 9.03. The first kappa shape index (κ1) is 20.8. The summed E-state index contributed by atoms with van der Waals surface area (Å²) in [5.41, 5.74) is 1.94. The zero-order valence-corrected chi connectivity index (χ0v) is 15.5. The van der Waals surface area contributed by atoms with Crippen LogP contribution in [0, 0.1) is 11.8 Å². The van der Waals surface area contributed by atoms with E-state index in [1.54, 1.807) is 0 Å². The van der Waals surface area contributed by atoms with Crippen LogP contribution in [0.4, 0.5) is 0 Å². The van der Waals surface area contributed by atoms with E-state index in [1.807, 2.05) is 43.0 Å². The van der Waals surface area contributed by atoms with Crippen LogP contribution in [0.3, 0.4) is 0 Å². The number of rotatable bonds is 9. The van der Waals surface area contributed by atoms with E-state index < -0.39 is 5.97 Å². The van der Waals surface area contributed by atoms with Crippen molar-refractivity contribution in [3.8, 4) is 11.8 Å². The minimum atomic E-state index is -0.791. The van der Waals surface area contributed by atoms with Gasteiger partial charge < -0.3 is 10.0 Å². The number of unbranched alkanes of at least 4 members (excludes halogenated alkanes) is 2. The lowest BCUT2D eigenvalue weighted by atomic mass is 10.1. The quantitative estimate of drug-likeness (QED) is 0.539. The predicted molar refractivity (Wildman–Crippen MR) is 100 cm³/mol. The van der Waals surface area contributed by atoms with Gasteiger partial charge in [0, 0.05) is 37.4 Å². The number of nitrogens with zero attached hydrogens (tertiary/aromatic N) is 1. The highest BCUT2D eigenvalue weighted by molar-refractivity contribution is 5.76. The lowest BCUT2D eigenvalue weighted by molar-refractivity contribution is -0.137. The minimum absolute atomic E-state index is 0.140. The Morgan fingerprint density at radius 2 is 1.88 bits per heavy atom. The maximum atomic E-state index is 12.5. The van der Waals surface area contributed by atoms with Gasteiger partial charge in [0.1, 0.15) is 0 Å². The first-order valence-corrected chi connectivity index (χ1v) is 9.03. The van der Waals surface area contributed by atoms with Gasteiger partial charge in [-0.15, -0.1) is 0 Å². The third kappa shape index (κ3) is 7.89. The largest absolute Gasteiger partial charge is 0.481 e. The Labute approximate surface area is 151 Å². The molecule has 1 N–H and O–H groups in total. The smallest absolute Gasteiger partial charge is 0.303 e. The number of hydrogen-bond donors (Lipinski definition) is 1. The summed E-state index contributed by atoms with van der Waals surface area (Å²) in [6.45, 7) is 6.70. The molecule has 0 unspecified atom stereocenters. The Kier molecular flexibility index (Phi) is 9.39. The second-order valence-electron chi connectivity index (χ2n) is 6.43. The third-order valence-corrected chi connectivity index (χ3v) is 3.96. The van der Waals surface area contributed by atoms with Gasteiger partial charge >= 0.3 is 5.97 Å². The van der Waals surface area contributed by atoms with Crippen molar-refractivity contribution in [2.24, 2.45) is 0 Å². The molecule has 1 aromatic rings. The van der Waals surface area contributed by atoms with Crippen molar-refractivity contribution in [2.75, 3.05) is 0 Å². The Bertz CT molecular complexity index is 626. The standard InChI is InChI=1S/C21H29NO3/c1-4-5-14-20(23)22(17(2)3)16-19-13-10-9-12-18(19)11-7-6-8-15-21(24)25/h9-10,12-13,17H,4-6,8,14-16H2,1-3H3,(H,24,25). The number of carboxylic acids is 1. The lowest BCUT2D eigenvalue weighted by Crippen LogP contribution is -2.36. The topological polar surface area (TPSA) is 57.6 Å². The Morgan fingerprint density at radius 3 is 2.52 bits per heavy atom. The van der Waals surface area contributed by atoms with Gasteiger partial charge in [0.25, 0.3) is 0 Å². The number of benzene rings is 1. The van der Waals surface area contributed by atoms with Gasteiger partial charge in [-0.25, -0.2) is 0 Å². The molecule has 1 rings (SSSR count). The zero-order chi connectivity index (χ0) is 18.7. The van der Waals surface area contributed by atoms with Crippen molar-refractivity contribution in [1.29, 1.82) is 0 Å². The summed E-state index contributed by atoms with van der Waals surface area (Å²) in [5, 5.41) is 8.65. The van der Waals surface area contributed by atoms with Gasteiger partial charge in [0.2, 0.25) is 5.91 Å². The second kappa shape index (κ2) is 11.3. The van der Waals surface area contributed by atoms with Crippen molar-refractivity contribution < 1.29 is 14.7 Å². The molecule has 4 heteroatoms. The first-order chi connectivity index (χ1) is 12.0. The molecule has 0 saturated heterocycles. The van der Waals surface area contributed by atoms with Gasteiger partial charge in [-0.05, 0) is 38.3 Å². The molecule has 0 fully saturated rings. The molecule has 0 aromatic heterocycles. The van der Waals surface area contributed by atoms with Crippen LogP contribution >= 0.6 is 0 Å². The van der Waals surface area contributed by atoms with E-state index >= 15 is 0 Å². The summed E-state index contributed by atoms with van der Waals surface area (Å²) in [6, 6.07) is 7.99. The molecule has 1 amide bonds. The predicted octanol–water partition coefficient (Wildman–Crippen LogP) is 4.22. The van der Waals surface area contributed by atoms with E-state index in [2.05, 4.69) is 18.8 Å². The van der Waals surface area contributed by atoms with Crippen LogP contribution in [0.15, 0.2) is 24.3 Å². The molecule has 0 bridgehead atoms. The van der Waals surface area contributed by atoms with Gasteiger partial charge in [-0.3, -0.25) is 9.59 Å². The van der Waals surface area contributed by atoms with E-state index in [0.29, 0.717) is 25.8 Å². The van der Waals surface area contributed by atoms with Crippen molar-refractivity contribution in [3.63, 3.8) is 0 Å². The van der Waals surface area contributed by atoms with Gasteiger partial charge in [0.15, 0.2) is 0 Å². The molecule has 0 aliphatic heterocycles. The lowest BCUT2D eigenvalue weighted by Gasteiger charge is -2.27. The minimum Gasteiger partial charge on any atom is -0.481 e.